The van der Waals surface area contributed by atoms with Crippen molar-refractivity contribution in [3.05, 3.63) is 0 Å². The maximum atomic E-state index is 11.9. The van der Waals surface area contributed by atoms with Crippen molar-refractivity contribution in [3.8, 4) is 0 Å². The van der Waals surface area contributed by atoms with E-state index in [1.165, 1.54) is 0 Å². The maximum Gasteiger partial charge on any atom is 0.223 e. The van der Waals surface area contributed by atoms with Gasteiger partial charge >= 0.3 is 0 Å². The summed E-state index contributed by atoms with van der Waals surface area (Å²) in [5, 5.41) is 3.01. The normalized spacial score (nSPS) is 24.9. The summed E-state index contributed by atoms with van der Waals surface area (Å²) < 4.78 is 5.68. The van der Waals surface area contributed by atoms with Crippen molar-refractivity contribution in [2.75, 3.05) is 27.2 Å². The quantitative estimate of drug-likeness (QED) is 0.804. The van der Waals surface area contributed by atoms with E-state index in [0.29, 0.717) is 12.5 Å². The van der Waals surface area contributed by atoms with E-state index in [1.54, 1.807) is 0 Å². The predicted molar refractivity (Wildman–Crippen MR) is 76.2 cm³/mol. The van der Waals surface area contributed by atoms with Crippen LogP contribution < -0.4 is 5.32 Å². The highest BCUT2D eigenvalue weighted by molar-refractivity contribution is 5.85. The zero-order valence-electron chi connectivity index (χ0n) is 12.2. The van der Waals surface area contributed by atoms with Gasteiger partial charge in [0.2, 0.25) is 5.91 Å². The summed E-state index contributed by atoms with van der Waals surface area (Å²) in [5.74, 6) is 0.215. The number of nitrogens with one attached hydrogen (secondary N) is 1. The van der Waals surface area contributed by atoms with Gasteiger partial charge in [-0.15, -0.1) is 12.4 Å². The number of hydrogen-bond acceptors (Lipinski definition) is 3. The third-order valence-electron chi connectivity index (χ3n) is 3.94. The molecule has 1 fully saturated rings. The standard InChI is InChI=1S/C13H26N2O2.ClH/c1-6-17-11-9-10(13(11,2)3)15(5)12(16)7-8-14-4;/h10-11,14H,6-9H2,1-5H3;1H. The Balaban J connectivity index is 0.00000289. The number of rotatable bonds is 6. The number of ether oxygens (including phenoxy) is 1. The number of nitrogens with zero attached hydrogens (tertiary/aromatic N) is 1. The molecule has 2 atom stereocenters. The summed E-state index contributed by atoms with van der Waals surface area (Å²) >= 11 is 0. The minimum Gasteiger partial charge on any atom is -0.378 e. The lowest BCUT2D eigenvalue weighted by atomic mass is 9.63. The molecular weight excluding hydrogens is 252 g/mol. The highest BCUT2D eigenvalue weighted by Gasteiger charge is 2.51. The van der Waals surface area contributed by atoms with Gasteiger partial charge in [0.15, 0.2) is 0 Å². The Bertz CT molecular complexity index is 272. The van der Waals surface area contributed by atoms with E-state index in [0.717, 1.165) is 19.6 Å². The predicted octanol–water partition coefficient (Wildman–Crippen LogP) is 1.68. The van der Waals surface area contributed by atoms with Crippen LogP contribution in [-0.2, 0) is 9.53 Å². The maximum absolute atomic E-state index is 11.9. The molecule has 0 aliphatic heterocycles. The molecule has 0 spiro atoms. The zero-order chi connectivity index (χ0) is 13.1. The van der Waals surface area contributed by atoms with E-state index < -0.39 is 0 Å². The van der Waals surface area contributed by atoms with Gasteiger partial charge in [-0.3, -0.25) is 4.79 Å². The first-order valence-electron chi connectivity index (χ1n) is 6.47. The van der Waals surface area contributed by atoms with E-state index in [9.17, 15) is 4.79 Å². The third kappa shape index (κ3) is 3.59. The van der Waals surface area contributed by atoms with Gasteiger partial charge in [-0.05, 0) is 20.4 Å². The lowest BCUT2D eigenvalue weighted by Crippen LogP contribution is -2.62. The molecule has 1 aliphatic rings. The van der Waals surface area contributed by atoms with Crippen LogP contribution in [0.5, 0.6) is 0 Å². The minimum atomic E-state index is 0. The van der Waals surface area contributed by atoms with E-state index >= 15 is 0 Å². The van der Waals surface area contributed by atoms with E-state index in [4.69, 9.17) is 4.74 Å². The minimum absolute atomic E-state index is 0. The molecule has 0 heterocycles. The molecule has 5 heteroatoms. The van der Waals surface area contributed by atoms with Crippen LogP contribution in [-0.4, -0.2) is 50.2 Å². The highest BCUT2D eigenvalue weighted by Crippen LogP contribution is 2.45. The average molecular weight is 279 g/mol. The van der Waals surface area contributed by atoms with Crippen molar-refractivity contribution >= 4 is 18.3 Å². The molecule has 0 saturated heterocycles. The number of halogens is 1. The van der Waals surface area contributed by atoms with Crippen LogP contribution in [0.2, 0.25) is 0 Å². The van der Waals surface area contributed by atoms with Crippen molar-refractivity contribution in [3.63, 3.8) is 0 Å². The largest absolute Gasteiger partial charge is 0.378 e. The van der Waals surface area contributed by atoms with Gasteiger partial charge < -0.3 is 15.0 Å². The van der Waals surface area contributed by atoms with Gasteiger partial charge in [-0.25, -0.2) is 0 Å². The molecule has 2 unspecified atom stereocenters. The summed E-state index contributed by atoms with van der Waals surface area (Å²) in [5.41, 5.74) is 0.0695. The Morgan fingerprint density at radius 1 is 1.50 bits per heavy atom. The summed E-state index contributed by atoms with van der Waals surface area (Å²) in [6.07, 6.45) is 1.82. The molecule has 0 aromatic rings. The Hall–Kier alpha value is -0.320. The van der Waals surface area contributed by atoms with Crippen LogP contribution in [0.15, 0.2) is 0 Å². The van der Waals surface area contributed by atoms with Crippen molar-refractivity contribution in [2.45, 2.75) is 45.8 Å². The molecular formula is C13H27ClN2O2. The van der Waals surface area contributed by atoms with Crippen LogP contribution in [0.3, 0.4) is 0 Å². The fraction of sp³-hybridized carbons (Fsp3) is 0.923. The van der Waals surface area contributed by atoms with Gasteiger partial charge in [0, 0.05) is 38.1 Å². The summed E-state index contributed by atoms with van der Waals surface area (Å²) in [7, 11) is 3.78. The summed E-state index contributed by atoms with van der Waals surface area (Å²) in [6, 6.07) is 0.309. The molecule has 0 radical (unpaired) electrons. The van der Waals surface area contributed by atoms with Gasteiger partial charge in [0.05, 0.1) is 6.10 Å². The molecule has 1 N–H and O–H groups in total. The van der Waals surface area contributed by atoms with Gasteiger partial charge in [-0.1, -0.05) is 13.8 Å². The van der Waals surface area contributed by atoms with Gasteiger partial charge in [0.1, 0.15) is 0 Å². The van der Waals surface area contributed by atoms with Gasteiger partial charge in [0.25, 0.3) is 0 Å². The number of amides is 1. The SMILES string of the molecule is CCOC1CC(N(C)C(=O)CCNC)C1(C)C.Cl. The van der Waals surface area contributed by atoms with Crippen molar-refractivity contribution in [1.29, 1.82) is 0 Å². The molecule has 1 rings (SSSR count). The van der Waals surface area contributed by atoms with Crippen LogP contribution >= 0.6 is 12.4 Å². The molecule has 1 amide bonds. The molecule has 4 nitrogen and oxygen atoms in total. The van der Waals surface area contributed by atoms with Gasteiger partial charge in [-0.2, -0.15) is 0 Å². The summed E-state index contributed by atoms with van der Waals surface area (Å²) in [4.78, 5) is 13.8. The first kappa shape index (κ1) is 17.7. The highest BCUT2D eigenvalue weighted by atomic mass is 35.5. The van der Waals surface area contributed by atoms with Crippen molar-refractivity contribution in [2.24, 2.45) is 5.41 Å². The van der Waals surface area contributed by atoms with Crippen molar-refractivity contribution in [1.82, 2.24) is 10.2 Å². The fourth-order valence-electron chi connectivity index (χ4n) is 2.59. The van der Waals surface area contributed by atoms with Crippen LogP contribution in [0, 0.1) is 5.41 Å². The molecule has 108 valence electrons. The molecule has 18 heavy (non-hydrogen) atoms. The van der Waals surface area contributed by atoms with E-state index in [2.05, 4.69) is 19.2 Å². The third-order valence-corrected chi connectivity index (χ3v) is 3.94. The number of hydrogen-bond donors (Lipinski definition) is 1. The smallest absolute Gasteiger partial charge is 0.223 e. The van der Waals surface area contributed by atoms with Crippen LogP contribution in [0.4, 0.5) is 0 Å². The Morgan fingerprint density at radius 2 is 2.11 bits per heavy atom. The lowest BCUT2D eigenvalue weighted by molar-refractivity contribution is -0.163. The molecule has 0 aromatic carbocycles. The van der Waals surface area contributed by atoms with E-state index in [1.807, 2.05) is 25.9 Å². The van der Waals surface area contributed by atoms with Crippen LogP contribution in [0.25, 0.3) is 0 Å². The Kier molecular flexibility index (Phi) is 7.18. The van der Waals surface area contributed by atoms with Crippen molar-refractivity contribution < 1.29 is 9.53 Å². The first-order chi connectivity index (χ1) is 7.95. The monoisotopic (exact) mass is 278 g/mol. The number of carbonyl (C=O) groups is 1. The second-order valence-electron chi connectivity index (χ2n) is 5.38. The molecule has 1 aliphatic carbocycles. The summed E-state index contributed by atoms with van der Waals surface area (Å²) in [6.45, 7) is 7.88. The molecule has 0 bridgehead atoms. The lowest BCUT2D eigenvalue weighted by Gasteiger charge is -2.54. The first-order valence-corrected chi connectivity index (χ1v) is 6.47. The second-order valence-corrected chi connectivity index (χ2v) is 5.38. The fourth-order valence-corrected chi connectivity index (χ4v) is 2.59. The Morgan fingerprint density at radius 3 is 2.56 bits per heavy atom. The zero-order valence-corrected chi connectivity index (χ0v) is 13.0. The molecule has 0 aromatic heterocycles. The molecule has 1 saturated carbocycles. The van der Waals surface area contributed by atoms with Crippen LogP contribution in [0.1, 0.15) is 33.6 Å². The van der Waals surface area contributed by atoms with E-state index in [-0.39, 0.29) is 29.8 Å². The topological polar surface area (TPSA) is 41.6 Å². The average Bonchev–Trinajstić information content (AvgIpc) is 2.30. The second kappa shape index (κ2) is 7.31. The Labute approximate surface area is 117 Å². The number of carbonyl (C=O) groups excluding carboxylic acids is 1.